The summed E-state index contributed by atoms with van der Waals surface area (Å²) in [4.78, 5) is 2.17. The van der Waals surface area contributed by atoms with E-state index in [4.69, 9.17) is 23.2 Å². The third kappa shape index (κ3) is 5.01. The zero-order valence-electron chi connectivity index (χ0n) is 12.3. The number of halogens is 2. The van der Waals surface area contributed by atoms with Crippen LogP contribution < -0.4 is 5.32 Å². The van der Waals surface area contributed by atoms with Crippen LogP contribution in [0.25, 0.3) is 0 Å². The molecule has 1 N–H and O–H groups in total. The normalized spacial score (nSPS) is 12.6. The van der Waals surface area contributed by atoms with Gasteiger partial charge in [-0.15, -0.1) is 0 Å². The van der Waals surface area contributed by atoms with Crippen LogP contribution in [0, 0.1) is 0 Å². The summed E-state index contributed by atoms with van der Waals surface area (Å²) in [6.07, 6.45) is 0. The van der Waals surface area contributed by atoms with E-state index in [1.807, 2.05) is 18.2 Å². The van der Waals surface area contributed by atoms with Crippen LogP contribution in [0.3, 0.4) is 0 Å². The quantitative estimate of drug-likeness (QED) is 0.848. The molecule has 1 atom stereocenters. The maximum atomic E-state index is 6.23. The molecule has 0 saturated carbocycles. The molecule has 0 bridgehead atoms. The lowest BCUT2D eigenvalue weighted by atomic mass is 10.1. The minimum absolute atomic E-state index is 0.257. The topological polar surface area (TPSA) is 15.3 Å². The van der Waals surface area contributed by atoms with Gasteiger partial charge in [0.05, 0.1) is 0 Å². The largest absolute Gasteiger partial charge is 0.308 e. The predicted molar refractivity (Wildman–Crippen MR) is 91.0 cm³/mol. The van der Waals surface area contributed by atoms with Gasteiger partial charge in [0, 0.05) is 29.2 Å². The van der Waals surface area contributed by atoms with Gasteiger partial charge < -0.3 is 10.2 Å². The first kappa shape index (κ1) is 16.3. The van der Waals surface area contributed by atoms with Gasteiger partial charge in [-0.3, -0.25) is 0 Å². The van der Waals surface area contributed by atoms with Gasteiger partial charge in [0.1, 0.15) is 0 Å². The summed E-state index contributed by atoms with van der Waals surface area (Å²) in [5.41, 5.74) is 2.33. The summed E-state index contributed by atoms with van der Waals surface area (Å²) in [5, 5.41) is 4.94. The average molecular weight is 323 g/mol. The SMILES string of the molecule is CN(C)CC(NCc1ccc(Cl)cc1Cl)c1ccccc1. The van der Waals surface area contributed by atoms with Crippen molar-refractivity contribution < 1.29 is 0 Å². The van der Waals surface area contributed by atoms with Gasteiger partial charge in [-0.25, -0.2) is 0 Å². The molecule has 2 aromatic rings. The lowest BCUT2D eigenvalue weighted by Gasteiger charge is -2.23. The van der Waals surface area contributed by atoms with E-state index in [9.17, 15) is 0 Å². The van der Waals surface area contributed by atoms with E-state index in [2.05, 4.69) is 48.6 Å². The van der Waals surface area contributed by atoms with Crippen molar-refractivity contribution in [3.8, 4) is 0 Å². The van der Waals surface area contributed by atoms with Crippen molar-refractivity contribution in [2.75, 3.05) is 20.6 Å². The number of likely N-dealkylation sites (N-methyl/N-ethyl adjacent to an activating group) is 1. The highest BCUT2D eigenvalue weighted by atomic mass is 35.5. The third-order valence-electron chi connectivity index (χ3n) is 3.30. The van der Waals surface area contributed by atoms with Crippen molar-refractivity contribution >= 4 is 23.2 Å². The molecule has 0 aromatic heterocycles. The summed E-state index contributed by atoms with van der Waals surface area (Å²) in [6, 6.07) is 16.3. The third-order valence-corrected chi connectivity index (χ3v) is 3.89. The molecule has 2 rings (SSSR count). The van der Waals surface area contributed by atoms with Crippen LogP contribution in [0.2, 0.25) is 10.0 Å². The molecule has 4 heteroatoms. The summed E-state index contributed by atoms with van der Waals surface area (Å²) < 4.78 is 0. The zero-order chi connectivity index (χ0) is 15.2. The van der Waals surface area contributed by atoms with Gasteiger partial charge in [0.15, 0.2) is 0 Å². The Morgan fingerprint density at radius 3 is 2.38 bits per heavy atom. The standard InChI is InChI=1S/C17H20Cl2N2/c1-21(2)12-17(13-6-4-3-5-7-13)20-11-14-8-9-15(18)10-16(14)19/h3-10,17,20H,11-12H2,1-2H3. The van der Waals surface area contributed by atoms with Crippen molar-refractivity contribution in [1.29, 1.82) is 0 Å². The van der Waals surface area contributed by atoms with Crippen LogP contribution in [-0.2, 0) is 6.54 Å². The van der Waals surface area contributed by atoms with Gasteiger partial charge in [-0.1, -0.05) is 59.6 Å². The first-order chi connectivity index (χ1) is 10.1. The first-order valence-electron chi connectivity index (χ1n) is 6.93. The van der Waals surface area contributed by atoms with Crippen molar-refractivity contribution in [3.05, 3.63) is 69.7 Å². The van der Waals surface area contributed by atoms with Crippen molar-refractivity contribution in [2.45, 2.75) is 12.6 Å². The Balaban J connectivity index is 2.09. The minimum atomic E-state index is 0.257. The van der Waals surface area contributed by atoms with Crippen molar-refractivity contribution in [2.24, 2.45) is 0 Å². The van der Waals surface area contributed by atoms with E-state index in [-0.39, 0.29) is 6.04 Å². The van der Waals surface area contributed by atoms with Crippen molar-refractivity contribution in [3.63, 3.8) is 0 Å². The Morgan fingerprint density at radius 1 is 1.05 bits per heavy atom. The van der Waals surface area contributed by atoms with E-state index >= 15 is 0 Å². The summed E-state index contributed by atoms with van der Waals surface area (Å²) >= 11 is 12.2. The molecule has 2 aromatic carbocycles. The lowest BCUT2D eigenvalue weighted by molar-refractivity contribution is 0.340. The van der Waals surface area contributed by atoms with Crippen LogP contribution in [-0.4, -0.2) is 25.5 Å². The maximum Gasteiger partial charge on any atom is 0.0465 e. The Morgan fingerprint density at radius 2 is 1.76 bits per heavy atom. The molecular formula is C17H20Cl2N2. The molecule has 0 amide bonds. The molecule has 2 nitrogen and oxygen atoms in total. The Bertz CT molecular complexity index is 570. The van der Waals surface area contributed by atoms with E-state index in [1.54, 1.807) is 6.07 Å². The van der Waals surface area contributed by atoms with Gasteiger partial charge in [-0.2, -0.15) is 0 Å². The van der Waals surface area contributed by atoms with E-state index in [1.165, 1.54) is 5.56 Å². The van der Waals surface area contributed by atoms with Gasteiger partial charge in [0.25, 0.3) is 0 Å². The highest BCUT2D eigenvalue weighted by Crippen LogP contribution is 2.22. The predicted octanol–water partition coefficient (Wildman–Crippen LogP) is 4.39. The first-order valence-corrected chi connectivity index (χ1v) is 7.69. The fraction of sp³-hybridized carbons (Fsp3) is 0.294. The molecule has 0 spiro atoms. The molecule has 1 unspecified atom stereocenters. The van der Waals surface area contributed by atoms with Gasteiger partial charge >= 0.3 is 0 Å². The number of benzene rings is 2. The average Bonchev–Trinajstić information content (AvgIpc) is 2.45. The van der Waals surface area contributed by atoms with E-state index in [0.717, 1.165) is 12.1 Å². The molecule has 0 heterocycles. The fourth-order valence-electron chi connectivity index (χ4n) is 2.24. The van der Waals surface area contributed by atoms with Crippen LogP contribution in [0.4, 0.5) is 0 Å². The summed E-state index contributed by atoms with van der Waals surface area (Å²) in [7, 11) is 4.15. The van der Waals surface area contributed by atoms with Crippen LogP contribution in [0.1, 0.15) is 17.2 Å². The molecule has 0 aliphatic carbocycles. The number of hydrogen-bond donors (Lipinski definition) is 1. The maximum absolute atomic E-state index is 6.23. The molecular weight excluding hydrogens is 303 g/mol. The number of nitrogens with one attached hydrogen (secondary N) is 1. The second-order valence-electron chi connectivity index (χ2n) is 5.34. The van der Waals surface area contributed by atoms with Crippen LogP contribution in [0.15, 0.2) is 48.5 Å². The summed E-state index contributed by atoms with van der Waals surface area (Å²) in [5.74, 6) is 0. The lowest BCUT2D eigenvalue weighted by Crippen LogP contribution is -2.31. The number of hydrogen-bond acceptors (Lipinski definition) is 2. The smallest absolute Gasteiger partial charge is 0.0465 e. The Labute approximate surface area is 136 Å². The monoisotopic (exact) mass is 322 g/mol. The fourth-order valence-corrected chi connectivity index (χ4v) is 2.71. The number of rotatable bonds is 6. The molecule has 0 aliphatic rings. The molecule has 0 radical (unpaired) electrons. The second kappa shape index (κ2) is 7.81. The van der Waals surface area contributed by atoms with Crippen molar-refractivity contribution in [1.82, 2.24) is 10.2 Å². The Hall–Kier alpha value is -1.06. The van der Waals surface area contributed by atoms with Gasteiger partial charge in [0.2, 0.25) is 0 Å². The molecule has 0 fully saturated rings. The second-order valence-corrected chi connectivity index (χ2v) is 6.19. The molecule has 112 valence electrons. The number of nitrogens with zero attached hydrogens (tertiary/aromatic N) is 1. The van der Waals surface area contributed by atoms with E-state index < -0.39 is 0 Å². The molecule has 21 heavy (non-hydrogen) atoms. The highest BCUT2D eigenvalue weighted by molar-refractivity contribution is 6.35. The minimum Gasteiger partial charge on any atom is -0.308 e. The Kier molecular flexibility index (Phi) is 6.07. The van der Waals surface area contributed by atoms with Gasteiger partial charge in [-0.05, 0) is 37.4 Å². The van der Waals surface area contributed by atoms with E-state index in [0.29, 0.717) is 16.6 Å². The van der Waals surface area contributed by atoms with Crippen LogP contribution >= 0.6 is 23.2 Å². The molecule has 0 aliphatic heterocycles. The highest BCUT2D eigenvalue weighted by Gasteiger charge is 2.12. The van der Waals surface area contributed by atoms with Crippen LogP contribution in [0.5, 0.6) is 0 Å². The summed E-state index contributed by atoms with van der Waals surface area (Å²) in [6.45, 7) is 1.64. The molecule has 0 saturated heterocycles. The zero-order valence-corrected chi connectivity index (χ0v) is 13.8.